The van der Waals surface area contributed by atoms with Gasteiger partial charge in [0.1, 0.15) is 12.6 Å². The molecule has 0 aromatic carbocycles. The lowest BCUT2D eigenvalue weighted by Crippen LogP contribution is -2.53. The number of hydrogen-bond acceptors (Lipinski definition) is 4. The molecule has 2 aliphatic heterocycles. The van der Waals surface area contributed by atoms with Crippen molar-refractivity contribution in [3.8, 4) is 0 Å². The molecule has 16 heavy (non-hydrogen) atoms. The fourth-order valence-corrected chi connectivity index (χ4v) is 1.97. The van der Waals surface area contributed by atoms with Crippen molar-refractivity contribution in [2.24, 2.45) is 0 Å². The van der Waals surface area contributed by atoms with E-state index < -0.39 is 12.1 Å². The molecular weight excluding hydrogens is 210 g/mol. The van der Waals surface area contributed by atoms with Crippen LogP contribution in [0, 0.1) is 0 Å². The fourth-order valence-electron chi connectivity index (χ4n) is 1.97. The number of rotatable bonds is 1. The number of carbonyl (C=O) groups excluding carboxylic acids is 2. The van der Waals surface area contributed by atoms with Gasteiger partial charge < -0.3 is 14.5 Å². The molecule has 1 unspecified atom stereocenters. The predicted molar refractivity (Wildman–Crippen MR) is 57.0 cm³/mol. The first kappa shape index (κ1) is 11.2. The first-order chi connectivity index (χ1) is 7.59. The molecule has 0 aromatic rings. The Bertz CT molecular complexity index is 300. The summed E-state index contributed by atoms with van der Waals surface area (Å²) in [6.45, 7) is 3.41. The average Bonchev–Trinajstić information content (AvgIpc) is 2.60. The zero-order valence-corrected chi connectivity index (χ0v) is 9.68. The van der Waals surface area contributed by atoms with Crippen LogP contribution >= 0.6 is 0 Å². The van der Waals surface area contributed by atoms with E-state index in [4.69, 9.17) is 4.74 Å². The van der Waals surface area contributed by atoms with Crippen molar-refractivity contribution in [2.75, 3.05) is 46.9 Å². The number of nitrogens with zero attached hydrogens (tertiary/aromatic N) is 3. The van der Waals surface area contributed by atoms with Crippen LogP contribution in [0.2, 0.25) is 0 Å². The Morgan fingerprint density at radius 3 is 2.38 bits per heavy atom. The van der Waals surface area contributed by atoms with Gasteiger partial charge in [-0.05, 0) is 7.05 Å². The average molecular weight is 227 g/mol. The summed E-state index contributed by atoms with van der Waals surface area (Å²) in [5, 5.41) is 0. The lowest BCUT2D eigenvalue weighted by atomic mass is 10.2. The van der Waals surface area contributed by atoms with Crippen LogP contribution in [0.4, 0.5) is 4.79 Å². The third-order valence-electron chi connectivity index (χ3n) is 3.22. The van der Waals surface area contributed by atoms with Crippen molar-refractivity contribution in [3.05, 3.63) is 0 Å². The topological polar surface area (TPSA) is 53.1 Å². The summed E-state index contributed by atoms with van der Waals surface area (Å²) in [5.41, 5.74) is 0. The van der Waals surface area contributed by atoms with Gasteiger partial charge in [-0.1, -0.05) is 0 Å². The van der Waals surface area contributed by atoms with Gasteiger partial charge in [0.15, 0.2) is 0 Å². The van der Waals surface area contributed by atoms with Crippen LogP contribution in [0.25, 0.3) is 0 Å². The summed E-state index contributed by atoms with van der Waals surface area (Å²) in [6, 6.07) is -0.434. The number of likely N-dealkylation sites (N-methyl/N-ethyl adjacent to an activating group) is 2. The van der Waals surface area contributed by atoms with E-state index in [1.54, 1.807) is 7.05 Å². The van der Waals surface area contributed by atoms with Crippen LogP contribution in [0.1, 0.15) is 0 Å². The van der Waals surface area contributed by atoms with E-state index in [1.165, 1.54) is 4.90 Å². The SMILES string of the molecule is CN1CCN(C(=O)C2COC(=O)N2C)CC1. The van der Waals surface area contributed by atoms with E-state index in [2.05, 4.69) is 4.90 Å². The first-order valence-electron chi connectivity index (χ1n) is 5.46. The standard InChI is InChI=1S/C10H17N3O3/c1-11-3-5-13(6-4-11)9(14)8-7-16-10(15)12(8)2/h8H,3-7H2,1-2H3. The molecule has 0 saturated carbocycles. The van der Waals surface area contributed by atoms with Gasteiger partial charge >= 0.3 is 6.09 Å². The van der Waals surface area contributed by atoms with Gasteiger partial charge in [-0.15, -0.1) is 0 Å². The third-order valence-corrected chi connectivity index (χ3v) is 3.22. The van der Waals surface area contributed by atoms with Crippen molar-refractivity contribution in [3.63, 3.8) is 0 Å². The summed E-state index contributed by atoms with van der Waals surface area (Å²) >= 11 is 0. The Balaban J connectivity index is 1.95. The van der Waals surface area contributed by atoms with Crippen LogP contribution in [-0.4, -0.2) is 79.6 Å². The van der Waals surface area contributed by atoms with E-state index in [9.17, 15) is 9.59 Å². The number of piperazine rings is 1. The Hall–Kier alpha value is -1.30. The molecule has 2 fully saturated rings. The highest BCUT2D eigenvalue weighted by molar-refractivity contribution is 5.87. The van der Waals surface area contributed by atoms with Crippen LogP contribution in [-0.2, 0) is 9.53 Å². The number of amides is 2. The zero-order chi connectivity index (χ0) is 11.7. The molecule has 0 spiro atoms. The van der Waals surface area contributed by atoms with E-state index in [0.717, 1.165) is 26.2 Å². The second kappa shape index (κ2) is 4.29. The van der Waals surface area contributed by atoms with E-state index in [0.29, 0.717) is 0 Å². The monoisotopic (exact) mass is 227 g/mol. The molecule has 0 N–H and O–H groups in total. The minimum atomic E-state index is -0.434. The predicted octanol–water partition coefficient (Wildman–Crippen LogP) is -0.789. The van der Waals surface area contributed by atoms with E-state index >= 15 is 0 Å². The van der Waals surface area contributed by atoms with Crippen molar-refractivity contribution in [2.45, 2.75) is 6.04 Å². The van der Waals surface area contributed by atoms with Crippen LogP contribution in [0.15, 0.2) is 0 Å². The van der Waals surface area contributed by atoms with Gasteiger partial charge in [-0.3, -0.25) is 9.69 Å². The molecule has 2 aliphatic rings. The summed E-state index contributed by atoms with van der Waals surface area (Å²) < 4.78 is 4.84. The molecule has 2 heterocycles. The molecule has 0 radical (unpaired) electrons. The molecule has 1 atom stereocenters. The Labute approximate surface area is 94.7 Å². The van der Waals surface area contributed by atoms with E-state index in [1.807, 2.05) is 11.9 Å². The summed E-state index contributed by atoms with van der Waals surface area (Å²) in [7, 11) is 3.64. The molecule has 6 heteroatoms. The van der Waals surface area contributed by atoms with Crippen molar-refractivity contribution >= 4 is 12.0 Å². The molecule has 0 aromatic heterocycles. The highest BCUT2D eigenvalue weighted by atomic mass is 16.6. The molecule has 2 saturated heterocycles. The summed E-state index contributed by atoms with van der Waals surface area (Å²) in [5.74, 6) is 0.00134. The minimum Gasteiger partial charge on any atom is -0.447 e. The largest absolute Gasteiger partial charge is 0.447 e. The molecule has 0 aliphatic carbocycles. The summed E-state index contributed by atoms with van der Waals surface area (Å²) in [6.07, 6.45) is -0.410. The second-order valence-corrected chi connectivity index (χ2v) is 4.33. The molecule has 0 bridgehead atoms. The van der Waals surface area contributed by atoms with Gasteiger partial charge in [0.25, 0.3) is 0 Å². The maximum atomic E-state index is 12.1. The lowest BCUT2D eigenvalue weighted by Gasteiger charge is -2.34. The smallest absolute Gasteiger partial charge is 0.410 e. The Morgan fingerprint density at radius 2 is 1.88 bits per heavy atom. The Kier molecular flexibility index (Phi) is 3.00. The second-order valence-electron chi connectivity index (χ2n) is 4.33. The van der Waals surface area contributed by atoms with Crippen molar-refractivity contribution in [1.82, 2.24) is 14.7 Å². The van der Waals surface area contributed by atoms with Crippen molar-refractivity contribution in [1.29, 1.82) is 0 Å². The molecule has 2 amide bonds. The third kappa shape index (κ3) is 1.97. The minimum absolute atomic E-state index is 0.00134. The molecular formula is C10H17N3O3. The molecule has 6 nitrogen and oxygen atoms in total. The molecule has 2 rings (SSSR count). The number of carbonyl (C=O) groups is 2. The highest BCUT2D eigenvalue weighted by Crippen LogP contribution is 2.13. The van der Waals surface area contributed by atoms with Gasteiger partial charge in [0.2, 0.25) is 5.91 Å². The zero-order valence-electron chi connectivity index (χ0n) is 9.68. The summed E-state index contributed by atoms with van der Waals surface area (Å²) in [4.78, 5) is 28.6. The Morgan fingerprint density at radius 1 is 1.25 bits per heavy atom. The lowest BCUT2D eigenvalue weighted by molar-refractivity contribution is -0.136. The van der Waals surface area contributed by atoms with Gasteiger partial charge in [0, 0.05) is 33.2 Å². The maximum Gasteiger partial charge on any atom is 0.410 e. The number of hydrogen-bond donors (Lipinski definition) is 0. The number of ether oxygens (including phenoxy) is 1. The quantitative estimate of drug-likeness (QED) is 0.589. The maximum absolute atomic E-state index is 12.1. The normalized spacial score (nSPS) is 27.1. The van der Waals surface area contributed by atoms with Gasteiger partial charge in [0.05, 0.1) is 0 Å². The number of cyclic esters (lactones) is 1. The van der Waals surface area contributed by atoms with Crippen LogP contribution < -0.4 is 0 Å². The highest BCUT2D eigenvalue weighted by Gasteiger charge is 2.38. The fraction of sp³-hybridized carbons (Fsp3) is 0.800. The molecule has 90 valence electrons. The van der Waals surface area contributed by atoms with Crippen molar-refractivity contribution < 1.29 is 14.3 Å². The first-order valence-corrected chi connectivity index (χ1v) is 5.46. The van der Waals surface area contributed by atoms with Gasteiger partial charge in [-0.25, -0.2) is 4.79 Å². The van der Waals surface area contributed by atoms with E-state index in [-0.39, 0.29) is 12.5 Å². The van der Waals surface area contributed by atoms with Crippen LogP contribution in [0.5, 0.6) is 0 Å². The van der Waals surface area contributed by atoms with Gasteiger partial charge in [-0.2, -0.15) is 0 Å². The van der Waals surface area contributed by atoms with Crippen LogP contribution in [0.3, 0.4) is 0 Å².